The van der Waals surface area contributed by atoms with E-state index >= 15 is 0 Å². The molecule has 194 valence electrons. The summed E-state index contributed by atoms with van der Waals surface area (Å²) in [6.07, 6.45) is 8.10. The number of anilines is 1. The van der Waals surface area contributed by atoms with E-state index in [9.17, 15) is 4.79 Å². The molecule has 8 rings (SSSR count). The van der Waals surface area contributed by atoms with Crippen molar-refractivity contribution in [2.75, 3.05) is 38.2 Å². The topological polar surface area (TPSA) is 58.6 Å². The summed E-state index contributed by atoms with van der Waals surface area (Å²) in [6, 6.07) is 7.43. The number of rotatable bonds is 4. The van der Waals surface area contributed by atoms with E-state index in [0.717, 1.165) is 53.1 Å². The van der Waals surface area contributed by atoms with Crippen molar-refractivity contribution in [1.29, 1.82) is 0 Å². The van der Waals surface area contributed by atoms with Crippen LogP contribution in [0.25, 0.3) is 10.2 Å². The Hall–Kier alpha value is -2.67. The highest BCUT2D eigenvalue weighted by Crippen LogP contribution is 2.60. The molecule has 2 aromatic heterocycles. The van der Waals surface area contributed by atoms with Gasteiger partial charge in [0, 0.05) is 42.0 Å². The van der Waals surface area contributed by atoms with Crippen LogP contribution in [0.1, 0.15) is 65.1 Å². The summed E-state index contributed by atoms with van der Waals surface area (Å²) in [7, 11) is 1.64. The first-order chi connectivity index (χ1) is 17.9. The van der Waals surface area contributed by atoms with Crippen molar-refractivity contribution in [3.63, 3.8) is 0 Å². The van der Waals surface area contributed by atoms with Crippen LogP contribution in [0.2, 0.25) is 0 Å². The van der Waals surface area contributed by atoms with Crippen LogP contribution >= 0.6 is 11.3 Å². The van der Waals surface area contributed by atoms with E-state index in [0.29, 0.717) is 18.7 Å². The Kier molecular flexibility index (Phi) is 5.50. The highest BCUT2D eigenvalue weighted by molar-refractivity contribution is 7.18. The summed E-state index contributed by atoms with van der Waals surface area (Å²) in [5.74, 6) is 5.69. The van der Waals surface area contributed by atoms with Gasteiger partial charge < -0.3 is 14.5 Å². The third kappa shape index (κ3) is 3.84. The number of hydrogen-bond acceptors (Lipinski definition) is 6. The number of thiophene rings is 1. The first-order valence-electron chi connectivity index (χ1n) is 13.9. The summed E-state index contributed by atoms with van der Waals surface area (Å²) >= 11 is 1.83. The zero-order valence-corrected chi connectivity index (χ0v) is 22.9. The first kappa shape index (κ1) is 23.4. The second-order valence-corrected chi connectivity index (χ2v) is 13.2. The number of benzene rings is 1. The second-order valence-electron chi connectivity index (χ2n) is 12.0. The predicted molar refractivity (Wildman–Crippen MR) is 148 cm³/mol. The van der Waals surface area contributed by atoms with Crippen LogP contribution in [0.3, 0.4) is 0 Å². The average Bonchev–Trinajstić information content (AvgIpc) is 3.20. The Bertz CT molecular complexity index is 1320. The van der Waals surface area contributed by atoms with E-state index in [4.69, 9.17) is 14.7 Å². The Balaban J connectivity index is 1.18. The van der Waals surface area contributed by atoms with Gasteiger partial charge >= 0.3 is 0 Å². The maximum absolute atomic E-state index is 13.2. The van der Waals surface area contributed by atoms with E-state index in [1.165, 1.54) is 54.4 Å². The number of aromatic nitrogens is 2. The van der Waals surface area contributed by atoms with E-state index in [2.05, 4.69) is 18.7 Å². The molecule has 0 atom stereocenters. The number of carbonyl (C=O) groups excluding carboxylic acids is 1. The Morgan fingerprint density at radius 1 is 0.946 bits per heavy atom. The van der Waals surface area contributed by atoms with Gasteiger partial charge in [0.2, 0.25) is 0 Å². The number of ether oxygens (including phenoxy) is 1. The van der Waals surface area contributed by atoms with Gasteiger partial charge in [-0.3, -0.25) is 4.79 Å². The molecule has 37 heavy (non-hydrogen) atoms. The lowest BCUT2D eigenvalue weighted by atomic mass is 9.49. The molecular weight excluding hydrogens is 480 g/mol. The first-order valence-corrected chi connectivity index (χ1v) is 14.7. The van der Waals surface area contributed by atoms with Crippen molar-refractivity contribution in [2.24, 2.45) is 17.8 Å². The van der Waals surface area contributed by atoms with E-state index in [-0.39, 0.29) is 11.3 Å². The van der Waals surface area contributed by atoms with Crippen molar-refractivity contribution < 1.29 is 9.53 Å². The molecule has 3 aromatic rings. The lowest BCUT2D eigenvalue weighted by molar-refractivity contribution is -0.00918. The van der Waals surface area contributed by atoms with Gasteiger partial charge in [0.05, 0.1) is 12.5 Å². The van der Waals surface area contributed by atoms with Gasteiger partial charge in [0.25, 0.3) is 5.91 Å². The Labute approximate surface area is 223 Å². The minimum atomic E-state index is 0.0898. The van der Waals surface area contributed by atoms with Gasteiger partial charge in [-0.25, -0.2) is 9.97 Å². The van der Waals surface area contributed by atoms with Gasteiger partial charge in [-0.05, 0) is 100.0 Å². The standard InChI is InChI=1S/C30H36N4O2S/c1-18-19(2)37-27-25(18)26(31-29(32-27)30-15-20-12-21(16-30)14-22(13-20)17-30)33-8-10-34(11-9-33)28(35)23-4-6-24(36-3)7-5-23/h4-7,20-22H,8-17H2,1-3H3. The minimum Gasteiger partial charge on any atom is -0.497 e. The highest BCUT2D eigenvalue weighted by Gasteiger charge is 2.53. The maximum atomic E-state index is 13.2. The smallest absolute Gasteiger partial charge is 0.253 e. The second kappa shape index (κ2) is 8.69. The summed E-state index contributed by atoms with van der Waals surface area (Å²) < 4.78 is 5.25. The third-order valence-corrected chi connectivity index (χ3v) is 10.8. The number of hydrogen-bond donors (Lipinski definition) is 0. The lowest BCUT2D eigenvalue weighted by Gasteiger charge is -2.56. The van der Waals surface area contributed by atoms with Crippen LogP contribution in [-0.4, -0.2) is 54.1 Å². The number of amides is 1. The summed E-state index contributed by atoms with van der Waals surface area (Å²) in [6.45, 7) is 7.41. The summed E-state index contributed by atoms with van der Waals surface area (Å²) in [4.78, 5) is 30.8. The zero-order valence-electron chi connectivity index (χ0n) is 22.1. The molecule has 1 aliphatic heterocycles. The average molecular weight is 517 g/mol. The van der Waals surface area contributed by atoms with Crippen LogP contribution in [0.5, 0.6) is 5.75 Å². The largest absolute Gasteiger partial charge is 0.497 e. The molecule has 3 heterocycles. The molecule has 1 aromatic carbocycles. The molecule has 7 heteroatoms. The minimum absolute atomic E-state index is 0.0898. The highest BCUT2D eigenvalue weighted by atomic mass is 32.1. The molecular formula is C30H36N4O2S. The van der Waals surface area contributed by atoms with Crippen molar-refractivity contribution in [1.82, 2.24) is 14.9 Å². The quantitative estimate of drug-likeness (QED) is 0.442. The number of methoxy groups -OCH3 is 1. The molecule has 4 bridgehead atoms. The fourth-order valence-corrected chi connectivity index (χ4v) is 9.14. The van der Waals surface area contributed by atoms with Gasteiger partial charge in [-0.1, -0.05) is 0 Å². The number of piperazine rings is 1. The van der Waals surface area contributed by atoms with E-state index in [1.807, 2.05) is 40.5 Å². The van der Waals surface area contributed by atoms with E-state index in [1.54, 1.807) is 7.11 Å². The SMILES string of the molecule is COc1ccc(C(=O)N2CCN(c3nc(C45CC6CC(CC(C6)C4)C5)nc4sc(C)c(C)c34)CC2)cc1. The molecule has 0 unspecified atom stereocenters. The van der Waals surface area contributed by atoms with Crippen molar-refractivity contribution in [2.45, 2.75) is 57.8 Å². The molecule has 1 saturated heterocycles. The molecule has 4 aliphatic carbocycles. The Morgan fingerprint density at radius 3 is 2.16 bits per heavy atom. The molecule has 5 aliphatic rings. The van der Waals surface area contributed by atoms with E-state index < -0.39 is 0 Å². The van der Waals surface area contributed by atoms with Crippen LogP contribution in [0, 0.1) is 31.6 Å². The zero-order chi connectivity index (χ0) is 25.3. The number of fused-ring (bicyclic) bond motifs is 1. The van der Waals surface area contributed by atoms with Gasteiger partial charge in [-0.2, -0.15) is 0 Å². The van der Waals surface area contributed by atoms with Crippen molar-refractivity contribution >= 4 is 33.3 Å². The van der Waals surface area contributed by atoms with Crippen molar-refractivity contribution in [3.05, 3.63) is 46.1 Å². The van der Waals surface area contributed by atoms with Gasteiger partial charge in [0.15, 0.2) is 0 Å². The summed E-state index contributed by atoms with van der Waals surface area (Å²) in [5, 5.41) is 1.23. The molecule has 0 N–H and O–H groups in total. The third-order valence-electron chi connectivity index (χ3n) is 9.73. The fraction of sp³-hybridized carbons (Fsp3) is 0.567. The molecule has 0 spiro atoms. The van der Waals surface area contributed by atoms with Gasteiger partial charge in [-0.15, -0.1) is 11.3 Å². The Morgan fingerprint density at radius 2 is 1.57 bits per heavy atom. The van der Waals surface area contributed by atoms with Crippen LogP contribution < -0.4 is 9.64 Å². The fourth-order valence-electron chi connectivity index (χ4n) is 8.12. The number of carbonyl (C=O) groups is 1. The normalized spacial score (nSPS) is 28.8. The number of aryl methyl sites for hydroxylation is 2. The number of nitrogens with zero attached hydrogens (tertiary/aromatic N) is 4. The lowest BCUT2D eigenvalue weighted by Crippen LogP contribution is -2.50. The monoisotopic (exact) mass is 516 g/mol. The van der Waals surface area contributed by atoms with Crippen LogP contribution in [0.15, 0.2) is 24.3 Å². The van der Waals surface area contributed by atoms with Crippen molar-refractivity contribution in [3.8, 4) is 5.75 Å². The molecule has 1 amide bonds. The predicted octanol–water partition coefficient (Wildman–Crippen LogP) is 5.75. The van der Waals surface area contributed by atoms with Crippen LogP contribution in [-0.2, 0) is 5.41 Å². The summed E-state index contributed by atoms with van der Waals surface area (Å²) in [5.41, 5.74) is 2.20. The molecule has 6 nitrogen and oxygen atoms in total. The maximum Gasteiger partial charge on any atom is 0.253 e. The van der Waals surface area contributed by atoms with Crippen LogP contribution in [0.4, 0.5) is 5.82 Å². The molecule has 4 saturated carbocycles. The molecule has 5 fully saturated rings. The molecule has 0 radical (unpaired) electrons. The van der Waals surface area contributed by atoms with Gasteiger partial charge in [0.1, 0.15) is 22.2 Å².